The first-order valence-corrected chi connectivity index (χ1v) is 5.70. The molecule has 5 heteroatoms. The summed E-state index contributed by atoms with van der Waals surface area (Å²) in [7, 11) is 1.18. The van der Waals surface area contributed by atoms with E-state index in [-0.39, 0.29) is 22.3 Å². The van der Waals surface area contributed by atoms with Crippen LogP contribution >= 0.6 is 0 Å². The number of carbonyl (C=O) groups excluding carboxylic acids is 2. The lowest BCUT2D eigenvalue weighted by Gasteiger charge is -2.09. The fraction of sp³-hybridized carbons (Fsp3) is 0.0667. The summed E-state index contributed by atoms with van der Waals surface area (Å²) in [5, 5.41) is 0. The Morgan fingerprint density at radius 3 is 2.50 bits per heavy atom. The zero-order chi connectivity index (χ0) is 14.7. The van der Waals surface area contributed by atoms with Gasteiger partial charge in [0.15, 0.2) is 6.29 Å². The molecule has 2 aromatic carbocycles. The number of methoxy groups -OCH3 is 1. The highest BCUT2D eigenvalue weighted by atomic mass is 19.1. The Labute approximate surface area is 113 Å². The molecule has 0 N–H and O–H groups in total. The molecule has 0 saturated carbocycles. The van der Waals surface area contributed by atoms with E-state index in [2.05, 4.69) is 4.74 Å². The third-order valence-electron chi connectivity index (χ3n) is 2.83. The second-order valence-electron chi connectivity index (χ2n) is 4.01. The predicted molar refractivity (Wildman–Crippen MR) is 68.5 cm³/mol. The molecule has 3 nitrogen and oxygen atoms in total. The fourth-order valence-corrected chi connectivity index (χ4v) is 1.89. The quantitative estimate of drug-likeness (QED) is 0.638. The van der Waals surface area contributed by atoms with E-state index in [0.717, 1.165) is 12.1 Å². The number of esters is 1. The number of aldehydes is 1. The largest absolute Gasteiger partial charge is 0.465 e. The summed E-state index contributed by atoms with van der Waals surface area (Å²) in [5.74, 6) is -2.21. The van der Waals surface area contributed by atoms with Gasteiger partial charge < -0.3 is 4.74 Å². The number of carbonyl (C=O) groups is 2. The van der Waals surface area contributed by atoms with Gasteiger partial charge in [-0.3, -0.25) is 4.79 Å². The van der Waals surface area contributed by atoms with Crippen LogP contribution in [-0.2, 0) is 4.74 Å². The van der Waals surface area contributed by atoms with Crippen LogP contribution in [0.25, 0.3) is 11.1 Å². The molecule has 0 aliphatic rings. The number of ether oxygens (including phenoxy) is 1. The average Bonchev–Trinajstić information content (AvgIpc) is 2.46. The van der Waals surface area contributed by atoms with Gasteiger partial charge in [-0.15, -0.1) is 0 Å². The standard InChI is InChI=1S/C15H10F2O3/c1-20-15(19)9-5-6-11(13(17)7-9)14-10(8-18)3-2-4-12(14)16/h2-8H,1H3. The Morgan fingerprint density at radius 1 is 1.15 bits per heavy atom. The fourth-order valence-electron chi connectivity index (χ4n) is 1.89. The number of benzene rings is 2. The first-order valence-electron chi connectivity index (χ1n) is 5.70. The Bertz CT molecular complexity index is 681. The van der Waals surface area contributed by atoms with Crippen LogP contribution in [0.2, 0.25) is 0 Å². The van der Waals surface area contributed by atoms with E-state index < -0.39 is 17.6 Å². The minimum Gasteiger partial charge on any atom is -0.465 e. The van der Waals surface area contributed by atoms with Gasteiger partial charge in [0.25, 0.3) is 0 Å². The van der Waals surface area contributed by atoms with Crippen LogP contribution in [0.4, 0.5) is 8.78 Å². The number of hydrogen-bond donors (Lipinski definition) is 0. The molecule has 0 aromatic heterocycles. The van der Waals surface area contributed by atoms with Gasteiger partial charge in [-0.05, 0) is 18.2 Å². The van der Waals surface area contributed by atoms with Crippen LogP contribution in [0.1, 0.15) is 20.7 Å². The van der Waals surface area contributed by atoms with E-state index in [1.54, 1.807) is 0 Å². The molecule has 0 fully saturated rings. The first-order chi connectivity index (χ1) is 9.58. The number of rotatable bonds is 3. The maximum Gasteiger partial charge on any atom is 0.337 e. The molecule has 0 atom stereocenters. The van der Waals surface area contributed by atoms with Crippen LogP contribution in [-0.4, -0.2) is 19.4 Å². The van der Waals surface area contributed by atoms with Gasteiger partial charge in [-0.2, -0.15) is 0 Å². The van der Waals surface area contributed by atoms with Crippen molar-refractivity contribution in [2.45, 2.75) is 0 Å². The second kappa shape index (κ2) is 5.61. The van der Waals surface area contributed by atoms with Gasteiger partial charge in [-0.25, -0.2) is 13.6 Å². The van der Waals surface area contributed by atoms with E-state index >= 15 is 0 Å². The topological polar surface area (TPSA) is 43.4 Å². The van der Waals surface area contributed by atoms with Crippen LogP contribution in [0.15, 0.2) is 36.4 Å². The summed E-state index contributed by atoms with van der Waals surface area (Å²) in [6, 6.07) is 7.39. The van der Waals surface area contributed by atoms with Gasteiger partial charge in [0.05, 0.1) is 12.7 Å². The molecule has 0 heterocycles. The lowest BCUT2D eigenvalue weighted by Crippen LogP contribution is -2.03. The van der Waals surface area contributed by atoms with Crippen molar-refractivity contribution in [1.29, 1.82) is 0 Å². The van der Waals surface area contributed by atoms with Crippen molar-refractivity contribution in [3.05, 3.63) is 59.2 Å². The Kier molecular flexibility index (Phi) is 3.89. The van der Waals surface area contributed by atoms with Crippen molar-refractivity contribution >= 4 is 12.3 Å². The average molecular weight is 276 g/mol. The molecule has 0 amide bonds. The highest BCUT2D eigenvalue weighted by Crippen LogP contribution is 2.29. The SMILES string of the molecule is COC(=O)c1ccc(-c2c(F)cccc2C=O)c(F)c1. The molecular weight excluding hydrogens is 266 g/mol. The van der Waals surface area contributed by atoms with Crippen LogP contribution < -0.4 is 0 Å². The molecule has 0 radical (unpaired) electrons. The Morgan fingerprint density at radius 2 is 1.90 bits per heavy atom. The summed E-state index contributed by atoms with van der Waals surface area (Å²) >= 11 is 0. The third kappa shape index (κ3) is 2.42. The van der Waals surface area contributed by atoms with Crippen LogP contribution in [0.3, 0.4) is 0 Å². The summed E-state index contributed by atoms with van der Waals surface area (Å²) in [6.07, 6.45) is 0.450. The lowest BCUT2D eigenvalue weighted by molar-refractivity contribution is 0.0600. The van der Waals surface area contributed by atoms with Crippen LogP contribution in [0, 0.1) is 11.6 Å². The normalized spacial score (nSPS) is 10.2. The van der Waals surface area contributed by atoms with Gasteiger partial charge in [0, 0.05) is 16.7 Å². The first kappa shape index (κ1) is 13.9. The van der Waals surface area contributed by atoms with E-state index in [4.69, 9.17) is 0 Å². The van der Waals surface area contributed by atoms with Crippen molar-refractivity contribution in [1.82, 2.24) is 0 Å². The molecule has 0 aliphatic heterocycles. The van der Waals surface area contributed by atoms with Crippen molar-refractivity contribution in [3.63, 3.8) is 0 Å². The molecule has 20 heavy (non-hydrogen) atoms. The predicted octanol–water partition coefficient (Wildman–Crippen LogP) is 3.23. The zero-order valence-electron chi connectivity index (χ0n) is 10.5. The molecule has 0 spiro atoms. The summed E-state index contributed by atoms with van der Waals surface area (Å²) < 4.78 is 32.3. The minimum atomic E-state index is -0.805. The van der Waals surface area contributed by atoms with E-state index in [9.17, 15) is 18.4 Å². The molecular formula is C15H10F2O3. The van der Waals surface area contributed by atoms with Gasteiger partial charge in [-0.1, -0.05) is 18.2 Å². The molecule has 102 valence electrons. The maximum absolute atomic E-state index is 14.0. The third-order valence-corrected chi connectivity index (χ3v) is 2.83. The van der Waals surface area contributed by atoms with Gasteiger partial charge in [0.1, 0.15) is 11.6 Å². The van der Waals surface area contributed by atoms with Gasteiger partial charge >= 0.3 is 5.97 Å². The number of hydrogen-bond acceptors (Lipinski definition) is 3. The highest BCUT2D eigenvalue weighted by Gasteiger charge is 2.16. The molecule has 0 bridgehead atoms. The van der Waals surface area contributed by atoms with E-state index in [1.807, 2.05) is 0 Å². The molecule has 0 saturated heterocycles. The smallest absolute Gasteiger partial charge is 0.337 e. The van der Waals surface area contributed by atoms with Gasteiger partial charge in [0.2, 0.25) is 0 Å². The Hall–Kier alpha value is -2.56. The van der Waals surface area contributed by atoms with Crippen molar-refractivity contribution < 1.29 is 23.1 Å². The highest BCUT2D eigenvalue weighted by molar-refractivity contribution is 5.92. The van der Waals surface area contributed by atoms with Crippen LogP contribution in [0.5, 0.6) is 0 Å². The van der Waals surface area contributed by atoms with Crippen molar-refractivity contribution in [2.75, 3.05) is 7.11 Å². The molecule has 0 aliphatic carbocycles. The Balaban J connectivity index is 2.60. The minimum absolute atomic E-state index is 0.0118. The summed E-state index contributed by atoms with van der Waals surface area (Å²) in [6.45, 7) is 0. The monoisotopic (exact) mass is 276 g/mol. The van der Waals surface area contributed by atoms with E-state index in [1.165, 1.54) is 31.4 Å². The number of halogens is 2. The second-order valence-corrected chi connectivity index (χ2v) is 4.01. The zero-order valence-corrected chi connectivity index (χ0v) is 10.5. The molecule has 2 rings (SSSR count). The maximum atomic E-state index is 14.0. The molecule has 2 aromatic rings. The van der Waals surface area contributed by atoms with E-state index in [0.29, 0.717) is 6.29 Å². The summed E-state index contributed by atoms with van der Waals surface area (Å²) in [5.41, 5.74) is -0.165. The van der Waals surface area contributed by atoms with Crippen molar-refractivity contribution in [2.24, 2.45) is 0 Å². The summed E-state index contributed by atoms with van der Waals surface area (Å²) in [4.78, 5) is 22.2. The molecule has 0 unspecified atom stereocenters. The van der Waals surface area contributed by atoms with Crippen molar-refractivity contribution in [3.8, 4) is 11.1 Å². The lowest BCUT2D eigenvalue weighted by atomic mass is 9.98.